The summed E-state index contributed by atoms with van der Waals surface area (Å²) in [5.74, 6) is -0.683. The van der Waals surface area contributed by atoms with Gasteiger partial charge in [-0.25, -0.2) is 4.68 Å². The molecule has 0 aliphatic heterocycles. The van der Waals surface area contributed by atoms with Crippen molar-refractivity contribution in [2.45, 2.75) is 6.18 Å². The number of nitrogens with zero attached hydrogens (tertiary/aromatic N) is 1. The van der Waals surface area contributed by atoms with Crippen LogP contribution in [0.25, 0.3) is 11.0 Å². The number of halogens is 3. The number of alkyl halides is 3. The van der Waals surface area contributed by atoms with Gasteiger partial charge >= 0.3 is 6.18 Å². The molecule has 23 heavy (non-hydrogen) atoms. The zero-order chi connectivity index (χ0) is 16.6. The molecule has 118 valence electrons. The molecular weight excluding hydrogens is 327 g/mol. The number of benzene rings is 2. The second-order valence-corrected chi connectivity index (χ2v) is 5.19. The molecule has 1 aromatic heterocycles. The van der Waals surface area contributed by atoms with Crippen LogP contribution >= 0.6 is 12.2 Å². The molecular formula is C15H10F3N3OS. The monoisotopic (exact) mass is 337 g/mol. The number of hydrogen-bond donors (Lipinski definition) is 2. The smallest absolute Gasteiger partial charge is 0.329 e. The fourth-order valence-electron chi connectivity index (χ4n) is 2.17. The van der Waals surface area contributed by atoms with Crippen LogP contribution in [0, 0.1) is 4.77 Å². The molecule has 0 aliphatic rings. The van der Waals surface area contributed by atoms with Crippen LogP contribution in [0.15, 0.2) is 48.5 Å². The number of amides is 1. The Morgan fingerprint density at radius 1 is 1.13 bits per heavy atom. The number of carbonyl (C=O) groups excluding carboxylic acids is 1. The first kappa shape index (κ1) is 15.3. The van der Waals surface area contributed by atoms with E-state index < -0.39 is 17.6 Å². The lowest BCUT2D eigenvalue weighted by atomic mass is 10.1. The van der Waals surface area contributed by atoms with E-state index in [1.54, 1.807) is 24.3 Å². The average Bonchev–Trinajstić information content (AvgIpc) is 2.83. The number of H-pyrrole nitrogens is 1. The van der Waals surface area contributed by atoms with Crippen LogP contribution in [-0.4, -0.2) is 15.6 Å². The van der Waals surface area contributed by atoms with E-state index >= 15 is 0 Å². The zero-order valence-electron chi connectivity index (χ0n) is 11.5. The highest BCUT2D eigenvalue weighted by molar-refractivity contribution is 7.71. The lowest BCUT2D eigenvalue weighted by Crippen LogP contribution is -2.23. The minimum Gasteiger partial charge on any atom is -0.329 e. The predicted molar refractivity (Wildman–Crippen MR) is 82.3 cm³/mol. The van der Waals surface area contributed by atoms with E-state index in [0.717, 1.165) is 12.1 Å². The summed E-state index contributed by atoms with van der Waals surface area (Å²) in [6, 6.07) is 11.3. The molecule has 1 heterocycles. The third-order valence-electron chi connectivity index (χ3n) is 3.26. The van der Waals surface area contributed by atoms with Crippen molar-refractivity contribution in [3.63, 3.8) is 0 Å². The van der Waals surface area contributed by atoms with E-state index in [0.29, 0.717) is 11.0 Å². The third-order valence-corrected chi connectivity index (χ3v) is 3.54. The van der Waals surface area contributed by atoms with Crippen molar-refractivity contribution in [1.82, 2.24) is 9.66 Å². The number of fused-ring (bicyclic) bond motifs is 1. The summed E-state index contributed by atoms with van der Waals surface area (Å²) >= 11 is 5.12. The molecule has 0 aliphatic carbocycles. The molecule has 0 atom stereocenters. The SMILES string of the molecule is O=C(Nn1c(=S)[nH]c2ccccc21)c1cccc(C(F)(F)F)c1. The first-order valence-corrected chi connectivity index (χ1v) is 6.95. The van der Waals surface area contributed by atoms with Crippen LogP contribution in [0.2, 0.25) is 0 Å². The number of aromatic amines is 1. The maximum absolute atomic E-state index is 12.7. The van der Waals surface area contributed by atoms with Crippen molar-refractivity contribution in [2.75, 3.05) is 5.43 Å². The highest BCUT2D eigenvalue weighted by Crippen LogP contribution is 2.29. The Balaban J connectivity index is 1.96. The summed E-state index contributed by atoms with van der Waals surface area (Å²) in [6.45, 7) is 0. The van der Waals surface area contributed by atoms with Crippen molar-refractivity contribution in [1.29, 1.82) is 0 Å². The molecule has 2 aromatic carbocycles. The number of imidazole rings is 1. The van der Waals surface area contributed by atoms with Gasteiger partial charge in [-0.2, -0.15) is 13.2 Å². The van der Waals surface area contributed by atoms with Gasteiger partial charge < -0.3 is 4.98 Å². The maximum atomic E-state index is 12.7. The maximum Gasteiger partial charge on any atom is 0.416 e. The lowest BCUT2D eigenvalue weighted by Gasteiger charge is -2.10. The van der Waals surface area contributed by atoms with Crippen molar-refractivity contribution in [3.05, 3.63) is 64.4 Å². The van der Waals surface area contributed by atoms with E-state index in [1.165, 1.54) is 16.8 Å². The van der Waals surface area contributed by atoms with Crippen LogP contribution in [-0.2, 0) is 6.18 Å². The Morgan fingerprint density at radius 2 is 1.87 bits per heavy atom. The standard InChI is InChI=1S/C15H10F3N3OS/c16-15(17,18)10-5-3-4-9(8-10)13(22)20-21-12-7-2-1-6-11(12)19-14(21)23/h1-8H,(H,19,23)(H,20,22). The lowest BCUT2D eigenvalue weighted by molar-refractivity contribution is -0.137. The first-order valence-electron chi connectivity index (χ1n) is 6.54. The van der Waals surface area contributed by atoms with Gasteiger partial charge in [-0.1, -0.05) is 18.2 Å². The van der Waals surface area contributed by atoms with Gasteiger partial charge in [0.05, 0.1) is 16.6 Å². The minimum atomic E-state index is -4.51. The molecule has 8 heteroatoms. The Hall–Kier alpha value is -2.61. The Kier molecular flexibility index (Phi) is 3.69. The molecule has 0 spiro atoms. The average molecular weight is 337 g/mol. The molecule has 0 fully saturated rings. The Bertz CT molecular complexity index is 943. The summed E-state index contributed by atoms with van der Waals surface area (Å²) in [4.78, 5) is 15.1. The molecule has 0 saturated carbocycles. The summed E-state index contributed by atoms with van der Waals surface area (Å²) in [6.07, 6.45) is -4.51. The molecule has 0 radical (unpaired) electrons. The van der Waals surface area contributed by atoms with E-state index in [2.05, 4.69) is 10.4 Å². The zero-order valence-corrected chi connectivity index (χ0v) is 12.3. The van der Waals surface area contributed by atoms with E-state index in [1.807, 2.05) is 0 Å². The fraction of sp³-hybridized carbons (Fsp3) is 0.0667. The predicted octanol–water partition coefficient (Wildman–Crippen LogP) is 4.10. The first-order chi connectivity index (χ1) is 10.9. The van der Waals surface area contributed by atoms with Gasteiger partial charge in [-0.3, -0.25) is 10.2 Å². The van der Waals surface area contributed by atoms with Crippen LogP contribution in [0.5, 0.6) is 0 Å². The van der Waals surface area contributed by atoms with Gasteiger partial charge in [0, 0.05) is 5.56 Å². The number of rotatable bonds is 2. The summed E-state index contributed by atoms with van der Waals surface area (Å²) in [5.41, 5.74) is 2.85. The fourth-order valence-corrected chi connectivity index (χ4v) is 2.42. The van der Waals surface area contributed by atoms with Crippen LogP contribution in [0.3, 0.4) is 0 Å². The summed E-state index contributed by atoms with van der Waals surface area (Å²) < 4.78 is 39.7. The molecule has 3 aromatic rings. The highest BCUT2D eigenvalue weighted by atomic mass is 32.1. The Morgan fingerprint density at radius 3 is 2.61 bits per heavy atom. The minimum absolute atomic E-state index is 0.105. The molecule has 0 bridgehead atoms. The third kappa shape index (κ3) is 2.98. The quantitative estimate of drug-likeness (QED) is 0.692. The van der Waals surface area contributed by atoms with Gasteiger partial charge in [0.15, 0.2) is 4.77 Å². The normalized spacial score (nSPS) is 11.6. The molecule has 3 rings (SSSR count). The van der Waals surface area contributed by atoms with Crippen LogP contribution in [0.1, 0.15) is 15.9 Å². The van der Waals surface area contributed by atoms with Crippen molar-refractivity contribution >= 4 is 29.2 Å². The molecule has 2 N–H and O–H groups in total. The second kappa shape index (κ2) is 5.54. The van der Waals surface area contributed by atoms with Crippen molar-refractivity contribution in [2.24, 2.45) is 0 Å². The molecule has 0 saturated heterocycles. The van der Waals surface area contributed by atoms with Crippen molar-refractivity contribution in [3.8, 4) is 0 Å². The molecule has 0 unspecified atom stereocenters. The number of para-hydroxylation sites is 2. The number of carbonyl (C=O) groups is 1. The van der Waals surface area contributed by atoms with Crippen molar-refractivity contribution < 1.29 is 18.0 Å². The van der Waals surface area contributed by atoms with E-state index in [4.69, 9.17) is 12.2 Å². The van der Waals surface area contributed by atoms with Crippen LogP contribution < -0.4 is 5.43 Å². The van der Waals surface area contributed by atoms with E-state index in [-0.39, 0.29) is 10.3 Å². The Labute approximate surface area is 133 Å². The van der Waals surface area contributed by atoms with Crippen LogP contribution in [0.4, 0.5) is 13.2 Å². The van der Waals surface area contributed by atoms with Gasteiger partial charge in [0.2, 0.25) is 0 Å². The topological polar surface area (TPSA) is 49.8 Å². The number of nitrogens with one attached hydrogen (secondary N) is 2. The van der Waals surface area contributed by atoms with Gasteiger partial charge in [0.25, 0.3) is 5.91 Å². The van der Waals surface area contributed by atoms with Gasteiger partial charge in [0.1, 0.15) is 0 Å². The van der Waals surface area contributed by atoms with Gasteiger partial charge in [-0.05, 0) is 42.5 Å². The number of hydrogen-bond acceptors (Lipinski definition) is 2. The molecule has 4 nitrogen and oxygen atoms in total. The number of aromatic nitrogens is 2. The van der Waals surface area contributed by atoms with E-state index in [9.17, 15) is 18.0 Å². The van der Waals surface area contributed by atoms with Gasteiger partial charge in [-0.15, -0.1) is 0 Å². The largest absolute Gasteiger partial charge is 0.416 e. The summed E-state index contributed by atoms with van der Waals surface area (Å²) in [7, 11) is 0. The second-order valence-electron chi connectivity index (χ2n) is 4.80. The molecule has 1 amide bonds. The summed E-state index contributed by atoms with van der Waals surface area (Å²) in [5, 5.41) is 0. The highest BCUT2D eigenvalue weighted by Gasteiger charge is 2.30.